The highest BCUT2D eigenvalue weighted by Crippen LogP contribution is 2.17. The summed E-state index contributed by atoms with van der Waals surface area (Å²) >= 11 is 0. The van der Waals surface area contributed by atoms with Crippen LogP contribution < -0.4 is 11.1 Å². The van der Waals surface area contributed by atoms with Crippen LogP contribution in [0.15, 0.2) is 48.5 Å². The summed E-state index contributed by atoms with van der Waals surface area (Å²) in [6.45, 7) is 3.59. The number of rotatable bonds is 5. The van der Waals surface area contributed by atoms with Crippen molar-refractivity contribution in [3.8, 4) is 0 Å². The fraction of sp³-hybridized carbons (Fsp3) is 0.188. The van der Waals surface area contributed by atoms with Crippen LogP contribution in [-0.4, -0.2) is 12.3 Å². The summed E-state index contributed by atoms with van der Waals surface area (Å²) in [5.74, 6) is 0.0262. The van der Waals surface area contributed by atoms with E-state index in [1.54, 1.807) is 12.1 Å². The number of carbonyl (C=O) groups excluding carboxylic acids is 1. The van der Waals surface area contributed by atoms with Gasteiger partial charge >= 0.3 is 0 Å². The third kappa shape index (κ3) is 3.20. The van der Waals surface area contributed by atoms with E-state index in [0.29, 0.717) is 23.4 Å². The first-order valence-corrected chi connectivity index (χ1v) is 6.41. The van der Waals surface area contributed by atoms with Gasteiger partial charge in [0.2, 0.25) is 0 Å². The van der Waals surface area contributed by atoms with E-state index in [4.69, 9.17) is 5.73 Å². The monoisotopic (exact) mass is 254 g/mol. The summed E-state index contributed by atoms with van der Waals surface area (Å²) in [4.78, 5) is 12.3. The lowest BCUT2D eigenvalue weighted by atomic mass is 10.0. The van der Waals surface area contributed by atoms with E-state index in [1.807, 2.05) is 43.3 Å². The zero-order valence-corrected chi connectivity index (χ0v) is 11.0. The van der Waals surface area contributed by atoms with E-state index < -0.39 is 0 Å². The molecule has 3 N–H and O–H groups in total. The molecule has 0 radical (unpaired) electrons. The van der Waals surface area contributed by atoms with E-state index >= 15 is 0 Å². The Morgan fingerprint density at radius 3 is 2.53 bits per heavy atom. The Morgan fingerprint density at radius 2 is 1.84 bits per heavy atom. The van der Waals surface area contributed by atoms with Crippen molar-refractivity contribution in [1.29, 1.82) is 0 Å². The van der Waals surface area contributed by atoms with Crippen LogP contribution >= 0.6 is 0 Å². The minimum absolute atomic E-state index is 0.0262. The number of ketones is 1. The molecule has 3 heteroatoms. The fourth-order valence-corrected chi connectivity index (χ4v) is 1.92. The molecular weight excluding hydrogens is 236 g/mol. The van der Waals surface area contributed by atoms with Gasteiger partial charge in [-0.25, -0.2) is 0 Å². The molecule has 0 saturated carbocycles. The van der Waals surface area contributed by atoms with Crippen LogP contribution in [0, 0.1) is 0 Å². The Kier molecular flexibility index (Phi) is 4.31. The average Bonchev–Trinajstić information content (AvgIpc) is 2.46. The maximum Gasteiger partial charge on any atom is 0.193 e. The summed E-state index contributed by atoms with van der Waals surface area (Å²) in [6, 6.07) is 14.7. The van der Waals surface area contributed by atoms with Crippen molar-refractivity contribution in [3.05, 3.63) is 65.2 Å². The molecule has 0 aliphatic carbocycles. The zero-order valence-electron chi connectivity index (χ0n) is 11.0. The molecule has 98 valence electrons. The molecule has 2 aromatic carbocycles. The van der Waals surface area contributed by atoms with Gasteiger partial charge in [0.1, 0.15) is 0 Å². The molecule has 0 saturated heterocycles. The van der Waals surface area contributed by atoms with Gasteiger partial charge < -0.3 is 11.1 Å². The summed E-state index contributed by atoms with van der Waals surface area (Å²) < 4.78 is 0. The molecule has 0 atom stereocenters. The highest BCUT2D eigenvalue weighted by molar-refractivity contribution is 6.09. The number of hydrogen-bond donors (Lipinski definition) is 2. The van der Waals surface area contributed by atoms with E-state index in [0.717, 1.165) is 12.1 Å². The third-order valence-electron chi connectivity index (χ3n) is 3.01. The molecule has 0 bridgehead atoms. The van der Waals surface area contributed by atoms with E-state index in [2.05, 4.69) is 5.32 Å². The summed E-state index contributed by atoms with van der Waals surface area (Å²) in [6.07, 6.45) is 0. The van der Waals surface area contributed by atoms with Crippen molar-refractivity contribution in [2.75, 3.05) is 12.3 Å². The number of nitrogen functional groups attached to an aromatic ring is 1. The number of anilines is 1. The summed E-state index contributed by atoms with van der Waals surface area (Å²) in [5, 5.41) is 3.22. The molecule has 2 rings (SSSR count). The van der Waals surface area contributed by atoms with Crippen molar-refractivity contribution in [2.45, 2.75) is 13.5 Å². The van der Waals surface area contributed by atoms with E-state index in [-0.39, 0.29) is 5.78 Å². The lowest BCUT2D eigenvalue weighted by molar-refractivity contribution is 0.103. The molecule has 0 aliphatic rings. The Balaban J connectivity index is 2.28. The third-order valence-corrected chi connectivity index (χ3v) is 3.01. The summed E-state index contributed by atoms with van der Waals surface area (Å²) in [7, 11) is 0. The van der Waals surface area contributed by atoms with Crippen molar-refractivity contribution in [2.24, 2.45) is 0 Å². The van der Waals surface area contributed by atoms with Gasteiger partial charge in [-0.2, -0.15) is 0 Å². The van der Waals surface area contributed by atoms with Gasteiger partial charge in [0, 0.05) is 23.4 Å². The average molecular weight is 254 g/mol. The van der Waals surface area contributed by atoms with Crippen LogP contribution in [0.4, 0.5) is 5.69 Å². The normalized spacial score (nSPS) is 10.4. The number of hydrogen-bond acceptors (Lipinski definition) is 3. The Hall–Kier alpha value is -2.13. The molecule has 0 spiro atoms. The SMILES string of the molecule is CCNCc1cc(C(=O)c2ccccc2)ccc1N. The second-order valence-electron chi connectivity index (χ2n) is 4.39. The fourth-order valence-electron chi connectivity index (χ4n) is 1.92. The smallest absolute Gasteiger partial charge is 0.193 e. The highest BCUT2D eigenvalue weighted by Gasteiger charge is 2.10. The second kappa shape index (κ2) is 6.16. The van der Waals surface area contributed by atoms with E-state index in [1.165, 1.54) is 0 Å². The highest BCUT2D eigenvalue weighted by atomic mass is 16.1. The number of carbonyl (C=O) groups is 1. The topological polar surface area (TPSA) is 55.1 Å². The van der Waals surface area contributed by atoms with Crippen LogP contribution in [-0.2, 0) is 6.54 Å². The van der Waals surface area contributed by atoms with Gasteiger partial charge in [-0.3, -0.25) is 4.79 Å². The largest absolute Gasteiger partial charge is 0.398 e. The molecular formula is C16H18N2O. The van der Waals surface area contributed by atoms with Crippen molar-refractivity contribution >= 4 is 11.5 Å². The lowest BCUT2D eigenvalue weighted by Gasteiger charge is -2.09. The Morgan fingerprint density at radius 1 is 1.11 bits per heavy atom. The molecule has 0 aliphatic heterocycles. The molecule has 3 nitrogen and oxygen atoms in total. The zero-order chi connectivity index (χ0) is 13.7. The number of nitrogens with two attached hydrogens (primary N) is 1. The predicted octanol–water partition coefficient (Wildman–Crippen LogP) is 2.61. The van der Waals surface area contributed by atoms with Crippen LogP contribution in [0.3, 0.4) is 0 Å². The van der Waals surface area contributed by atoms with Gasteiger partial charge in [-0.15, -0.1) is 0 Å². The van der Waals surface area contributed by atoms with Crippen molar-refractivity contribution in [3.63, 3.8) is 0 Å². The molecule has 0 heterocycles. The quantitative estimate of drug-likeness (QED) is 0.637. The molecule has 2 aromatic rings. The molecule has 0 fully saturated rings. The molecule has 19 heavy (non-hydrogen) atoms. The summed E-state index contributed by atoms with van der Waals surface area (Å²) in [5.41, 5.74) is 8.96. The van der Waals surface area contributed by atoms with E-state index in [9.17, 15) is 4.79 Å². The first kappa shape index (κ1) is 13.3. The first-order chi connectivity index (χ1) is 9.22. The standard InChI is InChI=1S/C16H18N2O/c1-2-18-11-14-10-13(8-9-15(14)17)16(19)12-6-4-3-5-7-12/h3-10,18H,2,11,17H2,1H3. The maximum atomic E-state index is 12.3. The van der Waals surface area contributed by atoms with Crippen LogP contribution in [0.2, 0.25) is 0 Å². The van der Waals surface area contributed by atoms with Gasteiger partial charge in [-0.1, -0.05) is 37.3 Å². The number of nitrogens with one attached hydrogen (secondary N) is 1. The molecule has 0 amide bonds. The van der Waals surface area contributed by atoms with Crippen molar-refractivity contribution in [1.82, 2.24) is 5.32 Å². The van der Waals surface area contributed by atoms with Crippen LogP contribution in [0.25, 0.3) is 0 Å². The van der Waals surface area contributed by atoms with Gasteiger partial charge in [0.05, 0.1) is 0 Å². The molecule has 0 unspecified atom stereocenters. The van der Waals surface area contributed by atoms with Crippen LogP contribution in [0.1, 0.15) is 28.4 Å². The maximum absolute atomic E-state index is 12.3. The van der Waals surface area contributed by atoms with Crippen molar-refractivity contribution < 1.29 is 4.79 Å². The lowest BCUT2D eigenvalue weighted by Crippen LogP contribution is -2.14. The van der Waals surface area contributed by atoms with Gasteiger partial charge in [0.25, 0.3) is 0 Å². The Bertz CT molecular complexity index is 564. The second-order valence-corrected chi connectivity index (χ2v) is 4.39. The van der Waals surface area contributed by atoms with Crippen LogP contribution in [0.5, 0.6) is 0 Å². The molecule has 0 aromatic heterocycles. The number of benzene rings is 2. The minimum atomic E-state index is 0.0262. The minimum Gasteiger partial charge on any atom is -0.398 e. The predicted molar refractivity (Wildman–Crippen MR) is 78.1 cm³/mol. The van der Waals surface area contributed by atoms with Gasteiger partial charge in [0.15, 0.2) is 5.78 Å². The first-order valence-electron chi connectivity index (χ1n) is 6.41. The van der Waals surface area contributed by atoms with Gasteiger partial charge in [-0.05, 0) is 30.3 Å². The Labute approximate surface area is 113 Å².